The predicted molar refractivity (Wildman–Crippen MR) is 67.7 cm³/mol. The zero-order valence-electron chi connectivity index (χ0n) is 10.1. The highest BCUT2D eigenvalue weighted by atomic mass is 16.1. The lowest BCUT2D eigenvalue weighted by Gasteiger charge is -2.46. The second-order valence-electron chi connectivity index (χ2n) is 5.22. The number of nitrogens with two attached hydrogens (primary N) is 1. The lowest BCUT2D eigenvalue weighted by atomic mass is 9.62. The summed E-state index contributed by atoms with van der Waals surface area (Å²) in [6.45, 7) is 2.08. The molecule has 0 amide bonds. The standard InChI is InChI=1S/C14H18N2O/c1-2-10-9-4-3-7-14(10,15)11-5-6-13(17)16-12(11)8-9/h2,5-6,9H,3-4,7-8,15H2,1H3,(H,16,17)/b10-2+/t9-,14+/m1/s1. The fourth-order valence-electron chi connectivity index (χ4n) is 3.63. The highest BCUT2D eigenvalue weighted by Crippen LogP contribution is 2.48. The maximum atomic E-state index is 11.4. The van der Waals surface area contributed by atoms with Crippen molar-refractivity contribution < 1.29 is 0 Å². The van der Waals surface area contributed by atoms with E-state index in [1.54, 1.807) is 6.07 Å². The summed E-state index contributed by atoms with van der Waals surface area (Å²) in [6.07, 6.45) is 6.47. The van der Waals surface area contributed by atoms with Crippen LogP contribution >= 0.6 is 0 Å². The first kappa shape index (κ1) is 10.8. The van der Waals surface area contributed by atoms with Gasteiger partial charge in [0.25, 0.3) is 0 Å². The van der Waals surface area contributed by atoms with E-state index >= 15 is 0 Å². The minimum Gasteiger partial charge on any atom is -0.326 e. The number of pyridine rings is 1. The predicted octanol–water partition coefficient (Wildman–Crippen LogP) is 1.83. The summed E-state index contributed by atoms with van der Waals surface area (Å²) in [5, 5.41) is 0. The van der Waals surface area contributed by atoms with Crippen molar-refractivity contribution >= 4 is 0 Å². The fraction of sp³-hybridized carbons (Fsp3) is 0.500. The molecular formula is C14H18N2O. The van der Waals surface area contributed by atoms with Gasteiger partial charge in [-0.2, -0.15) is 0 Å². The van der Waals surface area contributed by atoms with E-state index in [0.717, 1.165) is 24.1 Å². The van der Waals surface area contributed by atoms with Crippen LogP contribution in [0.25, 0.3) is 0 Å². The number of hydrogen-bond acceptors (Lipinski definition) is 2. The number of fused-ring (bicyclic) bond motifs is 4. The molecule has 17 heavy (non-hydrogen) atoms. The van der Waals surface area contributed by atoms with E-state index in [2.05, 4.69) is 18.0 Å². The van der Waals surface area contributed by atoms with Crippen LogP contribution in [0, 0.1) is 5.92 Å². The smallest absolute Gasteiger partial charge is 0.248 e. The largest absolute Gasteiger partial charge is 0.326 e. The average molecular weight is 230 g/mol. The molecule has 3 rings (SSSR count). The molecule has 90 valence electrons. The zero-order chi connectivity index (χ0) is 12.0. The number of rotatable bonds is 0. The second kappa shape index (κ2) is 3.57. The topological polar surface area (TPSA) is 58.9 Å². The van der Waals surface area contributed by atoms with Gasteiger partial charge in [-0.25, -0.2) is 0 Å². The summed E-state index contributed by atoms with van der Waals surface area (Å²) in [5.41, 5.74) is 9.81. The van der Waals surface area contributed by atoms with Crippen molar-refractivity contribution in [1.29, 1.82) is 0 Å². The highest BCUT2D eigenvalue weighted by Gasteiger charge is 2.44. The molecule has 0 radical (unpaired) electrons. The van der Waals surface area contributed by atoms with E-state index in [4.69, 9.17) is 5.73 Å². The van der Waals surface area contributed by atoms with E-state index in [-0.39, 0.29) is 11.1 Å². The molecular weight excluding hydrogens is 212 g/mol. The van der Waals surface area contributed by atoms with Crippen LogP contribution in [-0.2, 0) is 12.0 Å². The highest BCUT2D eigenvalue weighted by molar-refractivity contribution is 5.44. The Morgan fingerprint density at radius 2 is 2.35 bits per heavy atom. The molecule has 1 saturated carbocycles. The van der Waals surface area contributed by atoms with Gasteiger partial charge in [-0.15, -0.1) is 0 Å². The molecule has 1 heterocycles. The molecule has 3 heteroatoms. The molecule has 0 aromatic carbocycles. The van der Waals surface area contributed by atoms with Crippen molar-refractivity contribution in [2.45, 2.75) is 38.1 Å². The Morgan fingerprint density at radius 1 is 1.53 bits per heavy atom. The van der Waals surface area contributed by atoms with E-state index in [9.17, 15) is 4.79 Å². The average Bonchev–Trinajstić information content (AvgIpc) is 2.27. The Morgan fingerprint density at radius 3 is 3.12 bits per heavy atom. The Labute approximate surface area is 101 Å². The van der Waals surface area contributed by atoms with Crippen molar-refractivity contribution in [3.05, 3.63) is 45.4 Å². The van der Waals surface area contributed by atoms with Gasteiger partial charge in [-0.3, -0.25) is 4.79 Å². The van der Waals surface area contributed by atoms with Gasteiger partial charge in [-0.1, -0.05) is 12.5 Å². The van der Waals surface area contributed by atoms with E-state index in [1.807, 2.05) is 6.07 Å². The minimum absolute atomic E-state index is 0.0191. The van der Waals surface area contributed by atoms with E-state index in [0.29, 0.717) is 5.92 Å². The Hall–Kier alpha value is -1.35. The fourth-order valence-corrected chi connectivity index (χ4v) is 3.63. The van der Waals surface area contributed by atoms with Crippen molar-refractivity contribution in [3.63, 3.8) is 0 Å². The molecule has 2 bridgehead atoms. The lowest BCUT2D eigenvalue weighted by Crippen LogP contribution is -2.48. The van der Waals surface area contributed by atoms with Gasteiger partial charge in [-0.05, 0) is 49.3 Å². The van der Waals surface area contributed by atoms with Crippen molar-refractivity contribution in [2.24, 2.45) is 11.7 Å². The van der Waals surface area contributed by atoms with Gasteiger partial charge in [0, 0.05) is 11.8 Å². The molecule has 3 nitrogen and oxygen atoms in total. The maximum absolute atomic E-state index is 11.4. The van der Waals surface area contributed by atoms with Gasteiger partial charge in [0.05, 0.1) is 5.54 Å². The Kier molecular flexibility index (Phi) is 2.26. The third kappa shape index (κ3) is 1.42. The third-order valence-electron chi connectivity index (χ3n) is 4.32. The van der Waals surface area contributed by atoms with Crippen LogP contribution in [-0.4, -0.2) is 4.98 Å². The number of aromatic amines is 1. The third-order valence-corrected chi connectivity index (χ3v) is 4.32. The Balaban J connectivity index is 2.25. The van der Waals surface area contributed by atoms with Gasteiger partial charge in [0.15, 0.2) is 0 Å². The first-order chi connectivity index (χ1) is 8.15. The van der Waals surface area contributed by atoms with E-state index in [1.165, 1.54) is 18.4 Å². The van der Waals surface area contributed by atoms with Gasteiger partial charge < -0.3 is 10.7 Å². The molecule has 2 aliphatic rings. The summed E-state index contributed by atoms with van der Waals surface area (Å²) < 4.78 is 0. The van der Waals surface area contributed by atoms with Crippen LogP contribution in [0.3, 0.4) is 0 Å². The summed E-state index contributed by atoms with van der Waals surface area (Å²) in [5.74, 6) is 0.518. The molecule has 0 aliphatic heterocycles. The van der Waals surface area contributed by atoms with Crippen molar-refractivity contribution in [3.8, 4) is 0 Å². The van der Waals surface area contributed by atoms with Gasteiger partial charge >= 0.3 is 0 Å². The second-order valence-corrected chi connectivity index (χ2v) is 5.22. The van der Waals surface area contributed by atoms with Crippen LogP contribution in [0.5, 0.6) is 0 Å². The molecule has 1 fully saturated rings. The number of aromatic nitrogens is 1. The molecule has 2 aliphatic carbocycles. The number of nitrogens with one attached hydrogen (secondary N) is 1. The molecule has 3 N–H and O–H groups in total. The van der Waals surface area contributed by atoms with Crippen molar-refractivity contribution in [1.82, 2.24) is 4.98 Å². The number of allylic oxidation sites excluding steroid dienone is 1. The lowest BCUT2D eigenvalue weighted by molar-refractivity contribution is 0.296. The van der Waals surface area contributed by atoms with Crippen LogP contribution in [0.15, 0.2) is 28.6 Å². The van der Waals surface area contributed by atoms with Crippen LogP contribution in [0.1, 0.15) is 37.4 Å². The van der Waals surface area contributed by atoms with E-state index < -0.39 is 0 Å². The SMILES string of the molecule is C/C=C1\[C@@H]2CCC[C@@]1(N)c1ccc(=O)[nH]c1C2. The van der Waals surface area contributed by atoms with Gasteiger partial charge in [0.1, 0.15) is 0 Å². The minimum atomic E-state index is -0.338. The monoisotopic (exact) mass is 230 g/mol. The molecule has 1 aromatic heterocycles. The van der Waals surface area contributed by atoms with Crippen molar-refractivity contribution in [2.75, 3.05) is 0 Å². The molecule has 0 saturated heterocycles. The number of hydrogen-bond donors (Lipinski definition) is 2. The van der Waals surface area contributed by atoms with Crippen LogP contribution in [0.4, 0.5) is 0 Å². The molecule has 0 unspecified atom stereocenters. The normalized spacial score (nSPS) is 33.5. The van der Waals surface area contributed by atoms with Gasteiger partial charge in [0.2, 0.25) is 5.56 Å². The Bertz CT molecular complexity index is 543. The molecule has 1 aromatic rings. The first-order valence-corrected chi connectivity index (χ1v) is 6.33. The summed E-state index contributed by atoms with van der Waals surface area (Å²) in [4.78, 5) is 14.4. The first-order valence-electron chi connectivity index (χ1n) is 6.33. The van der Waals surface area contributed by atoms with Crippen LogP contribution < -0.4 is 11.3 Å². The molecule has 2 atom stereocenters. The maximum Gasteiger partial charge on any atom is 0.248 e. The summed E-state index contributed by atoms with van der Waals surface area (Å²) >= 11 is 0. The van der Waals surface area contributed by atoms with Crippen LogP contribution in [0.2, 0.25) is 0 Å². The quantitative estimate of drug-likeness (QED) is 0.668. The molecule has 0 spiro atoms. The summed E-state index contributed by atoms with van der Waals surface area (Å²) in [6, 6.07) is 3.51. The zero-order valence-corrected chi connectivity index (χ0v) is 10.1. The number of H-pyrrole nitrogens is 1. The summed E-state index contributed by atoms with van der Waals surface area (Å²) in [7, 11) is 0.